The summed E-state index contributed by atoms with van der Waals surface area (Å²) in [6.45, 7) is 6.55. The van der Waals surface area contributed by atoms with Crippen molar-refractivity contribution < 1.29 is 28.6 Å². The highest BCUT2D eigenvalue weighted by atomic mass is 16.6. The van der Waals surface area contributed by atoms with Crippen molar-refractivity contribution in [3.63, 3.8) is 0 Å². The predicted molar refractivity (Wildman–Crippen MR) is 293 cm³/mol. The van der Waals surface area contributed by atoms with E-state index in [2.05, 4.69) is 32.9 Å². The van der Waals surface area contributed by atoms with Crippen molar-refractivity contribution in [2.75, 3.05) is 13.2 Å². The van der Waals surface area contributed by atoms with E-state index in [4.69, 9.17) is 14.2 Å². The molecular formula is C62H118O6. The summed E-state index contributed by atoms with van der Waals surface area (Å²) in [7, 11) is 0. The average Bonchev–Trinajstić information content (AvgIpc) is 3.34. The predicted octanol–water partition coefficient (Wildman–Crippen LogP) is 20.5. The van der Waals surface area contributed by atoms with Crippen LogP contribution in [0.2, 0.25) is 0 Å². The van der Waals surface area contributed by atoms with Crippen LogP contribution in [0.5, 0.6) is 0 Å². The van der Waals surface area contributed by atoms with Crippen molar-refractivity contribution >= 4 is 17.9 Å². The van der Waals surface area contributed by atoms with Crippen LogP contribution in [0.3, 0.4) is 0 Å². The van der Waals surface area contributed by atoms with Gasteiger partial charge in [-0.25, -0.2) is 0 Å². The number of rotatable bonds is 57. The maximum atomic E-state index is 12.7. The van der Waals surface area contributed by atoms with Crippen LogP contribution in [0.1, 0.15) is 348 Å². The van der Waals surface area contributed by atoms with Gasteiger partial charge in [-0.3, -0.25) is 14.4 Å². The summed E-state index contributed by atoms with van der Waals surface area (Å²) in [6, 6.07) is 0. The van der Waals surface area contributed by atoms with E-state index < -0.39 is 6.10 Å². The number of carbonyl (C=O) groups excluding carboxylic acids is 3. The lowest BCUT2D eigenvalue weighted by atomic mass is 10.0. The second-order valence-electron chi connectivity index (χ2n) is 21.0. The largest absolute Gasteiger partial charge is 0.462 e. The van der Waals surface area contributed by atoms with Crippen molar-refractivity contribution in [2.24, 2.45) is 0 Å². The van der Waals surface area contributed by atoms with Crippen molar-refractivity contribution in [3.05, 3.63) is 12.2 Å². The summed E-state index contributed by atoms with van der Waals surface area (Å²) in [4.78, 5) is 37.7. The van der Waals surface area contributed by atoms with Gasteiger partial charge in [-0.1, -0.05) is 303 Å². The Bertz CT molecular complexity index is 1060. The fourth-order valence-electron chi connectivity index (χ4n) is 9.39. The lowest BCUT2D eigenvalue weighted by Crippen LogP contribution is -2.30. The van der Waals surface area contributed by atoms with Gasteiger partial charge >= 0.3 is 17.9 Å². The maximum absolute atomic E-state index is 12.7. The summed E-state index contributed by atoms with van der Waals surface area (Å²) in [5.74, 6) is -0.874. The zero-order chi connectivity index (χ0) is 49.3. The van der Waals surface area contributed by atoms with Gasteiger partial charge in [0.15, 0.2) is 6.10 Å². The highest BCUT2D eigenvalue weighted by molar-refractivity contribution is 5.71. The first-order chi connectivity index (χ1) is 33.5. The van der Waals surface area contributed by atoms with E-state index in [1.165, 1.54) is 238 Å². The van der Waals surface area contributed by atoms with Crippen molar-refractivity contribution in [2.45, 2.75) is 354 Å². The summed E-state index contributed by atoms with van der Waals surface area (Å²) < 4.78 is 16.7. The number of unbranched alkanes of at least 4 members (excludes halogenated alkanes) is 44. The normalized spacial score (nSPS) is 12.0. The molecule has 68 heavy (non-hydrogen) atoms. The molecule has 6 heteroatoms. The molecule has 0 aromatic rings. The Labute approximate surface area is 424 Å². The quantitative estimate of drug-likeness (QED) is 0.0262. The molecule has 1 atom stereocenters. The number of ether oxygens (including phenoxy) is 3. The number of esters is 3. The Kier molecular flexibility index (Phi) is 56.2. The third kappa shape index (κ3) is 55.1. The monoisotopic (exact) mass is 959 g/mol. The molecule has 0 aliphatic rings. The average molecular weight is 960 g/mol. The molecule has 0 aromatic carbocycles. The lowest BCUT2D eigenvalue weighted by molar-refractivity contribution is -0.167. The first kappa shape index (κ1) is 66.2. The van der Waals surface area contributed by atoms with E-state index in [1.54, 1.807) is 0 Å². The Morgan fingerprint density at radius 1 is 0.279 bits per heavy atom. The lowest BCUT2D eigenvalue weighted by Gasteiger charge is -2.18. The van der Waals surface area contributed by atoms with Crippen LogP contribution in [-0.4, -0.2) is 37.2 Å². The highest BCUT2D eigenvalue weighted by Gasteiger charge is 2.19. The van der Waals surface area contributed by atoms with E-state index in [0.29, 0.717) is 19.3 Å². The minimum absolute atomic E-state index is 0.0694. The Morgan fingerprint density at radius 2 is 0.515 bits per heavy atom. The fraction of sp³-hybridized carbons (Fsp3) is 0.919. The van der Waals surface area contributed by atoms with Crippen molar-refractivity contribution in [3.8, 4) is 0 Å². The molecule has 0 radical (unpaired) electrons. The molecule has 0 bridgehead atoms. The minimum Gasteiger partial charge on any atom is -0.462 e. The molecule has 0 spiro atoms. The van der Waals surface area contributed by atoms with E-state index in [9.17, 15) is 14.4 Å². The van der Waals surface area contributed by atoms with E-state index >= 15 is 0 Å². The zero-order valence-corrected chi connectivity index (χ0v) is 46.2. The molecule has 1 unspecified atom stereocenters. The Hall–Kier alpha value is -1.85. The fourth-order valence-corrected chi connectivity index (χ4v) is 9.39. The summed E-state index contributed by atoms with van der Waals surface area (Å²) in [5.41, 5.74) is 0. The summed E-state index contributed by atoms with van der Waals surface area (Å²) in [5, 5.41) is 0. The molecule has 0 saturated heterocycles. The Morgan fingerprint density at radius 3 is 0.794 bits per heavy atom. The maximum Gasteiger partial charge on any atom is 0.306 e. The zero-order valence-electron chi connectivity index (χ0n) is 46.2. The topological polar surface area (TPSA) is 78.9 Å². The van der Waals surface area contributed by atoms with Gasteiger partial charge in [0.05, 0.1) is 0 Å². The van der Waals surface area contributed by atoms with Crippen molar-refractivity contribution in [1.82, 2.24) is 0 Å². The second kappa shape index (κ2) is 57.7. The minimum atomic E-state index is -0.766. The van der Waals surface area contributed by atoms with Crippen LogP contribution in [-0.2, 0) is 28.6 Å². The van der Waals surface area contributed by atoms with Crippen LogP contribution in [0.15, 0.2) is 12.2 Å². The van der Waals surface area contributed by atoms with Gasteiger partial charge in [-0.2, -0.15) is 0 Å². The first-order valence-corrected chi connectivity index (χ1v) is 30.7. The van der Waals surface area contributed by atoms with Gasteiger partial charge in [0.25, 0.3) is 0 Å². The van der Waals surface area contributed by atoms with Crippen LogP contribution in [0.4, 0.5) is 0 Å². The van der Waals surface area contributed by atoms with E-state index in [-0.39, 0.29) is 31.1 Å². The molecule has 0 N–H and O–H groups in total. The first-order valence-electron chi connectivity index (χ1n) is 30.7. The third-order valence-corrected chi connectivity index (χ3v) is 14.0. The van der Waals surface area contributed by atoms with Gasteiger partial charge < -0.3 is 14.2 Å². The number of carbonyl (C=O) groups is 3. The van der Waals surface area contributed by atoms with Crippen LogP contribution >= 0.6 is 0 Å². The third-order valence-electron chi connectivity index (χ3n) is 14.0. The van der Waals surface area contributed by atoms with Gasteiger partial charge in [0, 0.05) is 19.3 Å². The second-order valence-corrected chi connectivity index (χ2v) is 21.0. The molecule has 0 fully saturated rings. The molecule has 0 saturated carbocycles. The SMILES string of the molecule is CCC/C=C\CCCCCCCC(=O)OC(COC(=O)CCCCCCCC)COC(=O)CCCCCCCCCCCCCCCCCCCCCCCCCCCCCCCCCCCC. The highest BCUT2D eigenvalue weighted by Crippen LogP contribution is 2.18. The van der Waals surface area contributed by atoms with Crippen LogP contribution in [0, 0.1) is 0 Å². The number of allylic oxidation sites excluding steroid dienone is 2. The standard InChI is InChI=1S/C62H118O6/c1-4-7-10-13-16-18-20-21-22-23-24-25-26-27-28-29-30-31-32-33-34-35-36-37-38-39-40-41-42-43-45-46-49-52-55-61(64)67-58-59(57-66-60(63)54-51-48-15-12-9-6-3)68-62(65)56-53-50-47-44-19-17-14-11-8-5-2/h11,14,59H,4-10,12-13,15-58H2,1-3H3/b14-11-. The number of hydrogen-bond acceptors (Lipinski definition) is 6. The molecule has 0 aliphatic heterocycles. The van der Waals surface area contributed by atoms with Crippen LogP contribution in [0.25, 0.3) is 0 Å². The van der Waals surface area contributed by atoms with Gasteiger partial charge in [-0.05, 0) is 38.5 Å². The van der Waals surface area contributed by atoms with Crippen molar-refractivity contribution in [1.29, 1.82) is 0 Å². The number of hydrogen-bond donors (Lipinski definition) is 0. The molecule has 402 valence electrons. The Balaban J connectivity index is 3.78. The molecule has 6 nitrogen and oxygen atoms in total. The van der Waals surface area contributed by atoms with Gasteiger partial charge in [-0.15, -0.1) is 0 Å². The molecule has 0 heterocycles. The van der Waals surface area contributed by atoms with Crippen LogP contribution < -0.4 is 0 Å². The van der Waals surface area contributed by atoms with E-state index in [1.807, 2.05) is 0 Å². The molecule has 0 rings (SSSR count). The summed E-state index contributed by atoms with van der Waals surface area (Å²) >= 11 is 0. The molecule has 0 aromatic heterocycles. The smallest absolute Gasteiger partial charge is 0.306 e. The molecular weight excluding hydrogens is 841 g/mol. The molecule has 0 aliphatic carbocycles. The van der Waals surface area contributed by atoms with Gasteiger partial charge in [0.2, 0.25) is 0 Å². The summed E-state index contributed by atoms with van der Waals surface area (Å²) in [6.07, 6.45) is 67.3. The molecule has 0 amide bonds. The van der Waals surface area contributed by atoms with E-state index in [0.717, 1.165) is 70.6 Å². The van der Waals surface area contributed by atoms with Gasteiger partial charge in [0.1, 0.15) is 13.2 Å².